The Bertz CT molecular complexity index is 1510. The van der Waals surface area contributed by atoms with Crippen LogP contribution in [0.25, 0.3) is 22.2 Å². The minimum atomic E-state index is -1.26. The number of amides is 3. The van der Waals surface area contributed by atoms with Gasteiger partial charge in [0.1, 0.15) is 11.6 Å². The molecule has 1 unspecified atom stereocenters. The van der Waals surface area contributed by atoms with Crippen molar-refractivity contribution in [1.82, 2.24) is 15.2 Å². The zero-order valence-corrected chi connectivity index (χ0v) is 18.5. The number of urea groups is 1. The largest absolute Gasteiger partial charge is 0.493 e. The maximum atomic E-state index is 13.7. The number of aromatic nitrogens is 1. The summed E-state index contributed by atoms with van der Waals surface area (Å²) in [6.07, 6.45) is 0.271. The van der Waals surface area contributed by atoms with E-state index in [-0.39, 0.29) is 18.8 Å². The SMILES string of the molecule is O=C(CN1C(=O)NC2(CCOc3ccccc32)C1=O)c1c(-c2ccc(F)cc2)[nH]c2ccccc12. The molecule has 8 heteroatoms. The average Bonchev–Trinajstić information content (AvgIpc) is 3.36. The minimum absolute atomic E-state index is 0.266. The lowest BCUT2D eigenvalue weighted by Crippen LogP contribution is -2.47. The van der Waals surface area contributed by atoms with Crippen LogP contribution in [0, 0.1) is 5.82 Å². The lowest BCUT2D eigenvalue weighted by atomic mass is 9.84. The predicted molar refractivity (Wildman–Crippen MR) is 126 cm³/mol. The van der Waals surface area contributed by atoms with Gasteiger partial charge in [-0.1, -0.05) is 36.4 Å². The number of carbonyl (C=O) groups is 3. The minimum Gasteiger partial charge on any atom is -0.493 e. The van der Waals surface area contributed by atoms with Gasteiger partial charge in [-0.25, -0.2) is 9.18 Å². The highest BCUT2D eigenvalue weighted by atomic mass is 19.1. The number of H-pyrrole nitrogens is 1. The molecule has 174 valence electrons. The fourth-order valence-corrected chi connectivity index (χ4v) is 5.00. The number of nitrogens with zero attached hydrogens (tertiary/aromatic N) is 1. The van der Waals surface area contributed by atoms with Crippen molar-refractivity contribution in [3.8, 4) is 17.0 Å². The number of benzene rings is 3. The number of ether oxygens (including phenoxy) is 1. The van der Waals surface area contributed by atoms with Crippen molar-refractivity contribution in [2.75, 3.05) is 13.2 Å². The number of imide groups is 1. The van der Waals surface area contributed by atoms with Gasteiger partial charge in [-0.05, 0) is 42.0 Å². The molecule has 0 radical (unpaired) electrons. The molecule has 7 nitrogen and oxygen atoms in total. The molecule has 6 rings (SSSR count). The number of para-hydroxylation sites is 2. The quantitative estimate of drug-likeness (QED) is 0.343. The van der Waals surface area contributed by atoms with Gasteiger partial charge in [0.15, 0.2) is 11.3 Å². The van der Waals surface area contributed by atoms with Gasteiger partial charge in [0.05, 0.1) is 24.4 Å². The highest BCUT2D eigenvalue weighted by Crippen LogP contribution is 2.41. The maximum absolute atomic E-state index is 13.7. The topological polar surface area (TPSA) is 91.5 Å². The molecule has 1 saturated heterocycles. The molecule has 3 aromatic carbocycles. The molecule has 1 aromatic heterocycles. The number of carbonyl (C=O) groups excluding carboxylic acids is 3. The normalized spacial score (nSPS) is 19.1. The molecule has 2 aliphatic heterocycles. The fraction of sp³-hybridized carbons (Fsp3) is 0.148. The van der Waals surface area contributed by atoms with Gasteiger partial charge in [0, 0.05) is 22.9 Å². The van der Waals surface area contributed by atoms with Gasteiger partial charge in [-0.2, -0.15) is 0 Å². The lowest BCUT2D eigenvalue weighted by Gasteiger charge is -2.33. The van der Waals surface area contributed by atoms with E-state index < -0.39 is 29.8 Å². The van der Waals surface area contributed by atoms with Crippen molar-refractivity contribution < 1.29 is 23.5 Å². The number of aromatic amines is 1. The Labute approximate surface area is 199 Å². The Kier molecular flexibility index (Phi) is 4.70. The van der Waals surface area contributed by atoms with Crippen LogP contribution >= 0.6 is 0 Å². The predicted octanol–water partition coefficient (Wildman–Crippen LogP) is 4.39. The molecule has 2 aliphatic rings. The van der Waals surface area contributed by atoms with Crippen LogP contribution in [0.2, 0.25) is 0 Å². The monoisotopic (exact) mass is 469 g/mol. The number of hydrogen-bond donors (Lipinski definition) is 2. The van der Waals surface area contributed by atoms with Crippen molar-refractivity contribution >= 4 is 28.6 Å². The van der Waals surface area contributed by atoms with E-state index in [4.69, 9.17) is 4.74 Å². The van der Waals surface area contributed by atoms with Gasteiger partial charge in [-0.15, -0.1) is 0 Å². The number of fused-ring (bicyclic) bond motifs is 3. The average molecular weight is 469 g/mol. The number of Topliss-reactive ketones (excluding diaryl/α,β-unsaturated/α-hetero) is 1. The Morgan fingerprint density at radius 2 is 1.74 bits per heavy atom. The second-order valence-corrected chi connectivity index (χ2v) is 8.67. The van der Waals surface area contributed by atoms with Crippen LogP contribution in [0.3, 0.4) is 0 Å². The smallest absolute Gasteiger partial charge is 0.325 e. The second kappa shape index (κ2) is 7.80. The first-order valence-electron chi connectivity index (χ1n) is 11.2. The van der Waals surface area contributed by atoms with E-state index in [0.717, 1.165) is 10.4 Å². The van der Waals surface area contributed by atoms with Crippen LogP contribution in [0.4, 0.5) is 9.18 Å². The zero-order valence-electron chi connectivity index (χ0n) is 18.5. The summed E-state index contributed by atoms with van der Waals surface area (Å²) < 4.78 is 19.2. The molecule has 0 bridgehead atoms. The number of ketones is 1. The summed E-state index contributed by atoms with van der Waals surface area (Å²) in [5.74, 6) is -0.729. The van der Waals surface area contributed by atoms with E-state index in [2.05, 4.69) is 10.3 Å². The molecule has 2 N–H and O–H groups in total. The third-order valence-electron chi connectivity index (χ3n) is 6.68. The number of nitrogens with one attached hydrogen (secondary N) is 2. The maximum Gasteiger partial charge on any atom is 0.325 e. The Morgan fingerprint density at radius 1 is 1.00 bits per heavy atom. The van der Waals surface area contributed by atoms with Gasteiger partial charge in [0.2, 0.25) is 0 Å². The summed E-state index contributed by atoms with van der Waals surface area (Å²) in [5.41, 5.74) is 1.53. The van der Waals surface area contributed by atoms with Gasteiger partial charge >= 0.3 is 6.03 Å². The summed E-state index contributed by atoms with van der Waals surface area (Å²) in [7, 11) is 0. The Balaban J connectivity index is 1.38. The van der Waals surface area contributed by atoms with Gasteiger partial charge in [-0.3, -0.25) is 14.5 Å². The van der Waals surface area contributed by atoms with E-state index >= 15 is 0 Å². The molecule has 4 aromatic rings. The van der Waals surface area contributed by atoms with Crippen LogP contribution in [-0.4, -0.2) is 40.8 Å². The molecule has 35 heavy (non-hydrogen) atoms. The Morgan fingerprint density at radius 3 is 2.57 bits per heavy atom. The molecular formula is C27H20FN3O4. The molecule has 3 heterocycles. The van der Waals surface area contributed by atoms with E-state index in [9.17, 15) is 18.8 Å². The van der Waals surface area contributed by atoms with Crippen LogP contribution < -0.4 is 10.1 Å². The highest BCUT2D eigenvalue weighted by Gasteiger charge is 2.55. The van der Waals surface area contributed by atoms with Crippen molar-refractivity contribution in [2.45, 2.75) is 12.0 Å². The van der Waals surface area contributed by atoms with Crippen LogP contribution in [0.15, 0.2) is 72.8 Å². The van der Waals surface area contributed by atoms with E-state index in [1.807, 2.05) is 18.2 Å². The number of rotatable bonds is 4. The summed E-state index contributed by atoms with van der Waals surface area (Å²) in [4.78, 5) is 44.4. The first-order valence-corrected chi connectivity index (χ1v) is 11.2. The zero-order chi connectivity index (χ0) is 24.2. The first kappa shape index (κ1) is 21.1. The van der Waals surface area contributed by atoms with E-state index in [1.54, 1.807) is 42.5 Å². The summed E-state index contributed by atoms with van der Waals surface area (Å²) >= 11 is 0. The van der Waals surface area contributed by atoms with E-state index in [0.29, 0.717) is 33.5 Å². The molecule has 0 aliphatic carbocycles. The van der Waals surface area contributed by atoms with Crippen molar-refractivity contribution in [3.05, 3.63) is 89.7 Å². The standard InChI is InChI=1S/C27H20FN3O4/c28-17-11-9-16(10-12-17)24-23(18-5-1-3-7-20(18)29-24)21(32)15-31-25(33)27(30-26(31)34)13-14-35-22-8-4-2-6-19(22)27/h1-12,29H,13-15H2,(H,30,34). The molecule has 3 amide bonds. The van der Waals surface area contributed by atoms with Gasteiger partial charge < -0.3 is 15.0 Å². The van der Waals surface area contributed by atoms with Crippen LogP contribution in [-0.2, 0) is 10.3 Å². The number of halogens is 1. The summed E-state index contributed by atoms with van der Waals surface area (Å²) in [6, 6.07) is 19.5. The lowest BCUT2D eigenvalue weighted by molar-refractivity contribution is -0.132. The third kappa shape index (κ3) is 3.21. The molecule has 1 spiro atoms. The fourth-order valence-electron chi connectivity index (χ4n) is 5.00. The van der Waals surface area contributed by atoms with Crippen molar-refractivity contribution in [3.63, 3.8) is 0 Å². The van der Waals surface area contributed by atoms with Crippen LogP contribution in [0.1, 0.15) is 22.3 Å². The first-order chi connectivity index (χ1) is 17.0. The molecule has 1 atom stereocenters. The van der Waals surface area contributed by atoms with Crippen LogP contribution in [0.5, 0.6) is 5.75 Å². The molecular weight excluding hydrogens is 449 g/mol. The summed E-state index contributed by atoms with van der Waals surface area (Å²) in [6.45, 7) is -0.159. The molecule has 1 fully saturated rings. The van der Waals surface area contributed by atoms with E-state index in [1.165, 1.54) is 12.1 Å². The van der Waals surface area contributed by atoms with Crippen molar-refractivity contribution in [2.24, 2.45) is 0 Å². The summed E-state index contributed by atoms with van der Waals surface area (Å²) in [5, 5.41) is 3.48. The Hall–Kier alpha value is -4.46. The molecule has 0 saturated carbocycles. The van der Waals surface area contributed by atoms with Crippen molar-refractivity contribution in [1.29, 1.82) is 0 Å². The number of hydrogen-bond acceptors (Lipinski definition) is 4. The third-order valence-corrected chi connectivity index (χ3v) is 6.68. The second-order valence-electron chi connectivity index (χ2n) is 8.67. The highest BCUT2D eigenvalue weighted by molar-refractivity contribution is 6.17. The van der Waals surface area contributed by atoms with Gasteiger partial charge in [0.25, 0.3) is 5.91 Å².